The molecule has 2 unspecified atom stereocenters. The Kier molecular flexibility index (Phi) is 4.64. The van der Waals surface area contributed by atoms with Crippen LogP contribution in [0.2, 0.25) is 0 Å². The van der Waals surface area contributed by atoms with Crippen molar-refractivity contribution in [3.63, 3.8) is 0 Å². The molecule has 0 saturated carbocycles. The predicted molar refractivity (Wildman–Crippen MR) is 88.8 cm³/mol. The average molecular weight is 327 g/mol. The smallest absolute Gasteiger partial charge is 0.306 e. The summed E-state index contributed by atoms with van der Waals surface area (Å²) in [6, 6.07) is 9.60. The van der Waals surface area contributed by atoms with Gasteiger partial charge in [-0.25, -0.2) is 4.68 Å². The summed E-state index contributed by atoms with van der Waals surface area (Å²) in [5.41, 5.74) is 1.90. The normalized spacial score (nSPS) is 20.8. The zero-order valence-electron chi connectivity index (χ0n) is 13.6. The molecule has 0 radical (unpaired) electrons. The highest BCUT2D eigenvalue weighted by molar-refractivity contribution is 5.79. The molecule has 0 aliphatic carbocycles. The molecule has 3 rings (SSSR count). The fourth-order valence-electron chi connectivity index (χ4n) is 3.21. The third-order valence-corrected chi connectivity index (χ3v) is 4.64. The van der Waals surface area contributed by atoms with Crippen LogP contribution in [0.25, 0.3) is 5.69 Å². The van der Waals surface area contributed by atoms with E-state index in [-0.39, 0.29) is 17.7 Å². The van der Waals surface area contributed by atoms with Gasteiger partial charge in [-0.2, -0.15) is 5.10 Å². The number of carboxylic acid groups (broad SMARTS) is 1. The van der Waals surface area contributed by atoms with Crippen LogP contribution >= 0.6 is 0 Å². The standard InChI is InChI=1S/C18H21N3O3/c1-13-12-20(10-7-16(13)18(23)24)17(22)11-14-3-5-15(6-4-14)21-9-2-8-19-21/h2-6,8-9,13,16H,7,10-12H2,1H3,(H,23,24). The van der Waals surface area contributed by atoms with Gasteiger partial charge in [-0.15, -0.1) is 0 Å². The van der Waals surface area contributed by atoms with E-state index in [0.717, 1.165) is 11.3 Å². The second-order valence-electron chi connectivity index (χ2n) is 6.34. The summed E-state index contributed by atoms with van der Waals surface area (Å²) in [6.45, 7) is 2.93. The molecule has 24 heavy (non-hydrogen) atoms. The molecular weight excluding hydrogens is 306 g/mol. The lowest BCUT2D eigenvalue weighted by Crippen LogP contribution is -2.45. The van der Waals surface area contributed by atoms with Gasteiger partial charge in [-0.1, -0.05) is 19.1 Å². The number of carbonyl (C=O) groups is 2. The molecule has 1 saturated heterocycles. The Morgan fingerprint density at radius 2 is 2.04 bits per heavy atom. The van der Waals surface area contributed by atoms with E-state index >= 15 is 0 Å². The van der Waals surface area contributed by atoms with Crippen molar-refractivity contribution in [2.24, 2.45) is 11.8 Å². The zero-order chi connectivity index (χ0) is 17.1. The summed E-state index contributed by atoms with van der Waals surface area (Å²) in [7, 11) is 0. The summed E-state index contributed by atoms with van der Waals surface area (Å²) >= 11 is 0. The van der Waals surface area contributed by atoms with E-state index in [1.54, 1.807) is 15.8 Å². The first-order chi connectivity index (χ1) is 11.5. The summed E-state index contributed by atoms with van der Waals surface area (Å²) < 4.78 is 1.77. The lowest BCUT2D eigenvalue weighted by atomic mass is 9.87. The number of benzene rings is 1. The highest BCUT2D eigenvalue weighted by Gasteiger charge is 2.32. The maximum absolute atomic E-state index is 12.5. The topological polar surface area (TPSA) is 75.4 Å². The fourth-order valence-corrected chi connectivity index (χ4v) is 3.21. The van der Waals surface area contributed by atoms with Crippen LogP contribution in [0.4, 0.5) is 0 Å². The van der Waals surface area contributed by atoms with Gasteiger partial charge in [0, 0.05) is 25.5 Å². The van der Waals surface area contributed by atoms with Crippen molar-refractivity contribution in [1.82, 2.24) is 14.7 Å². The number of rotatable bonds is 4. The molecule has 2 aromatic rings. The van der Waals surface area contributed by atoms with Gasteiger partial charge >= 0.3 is 5.97 Å². The molecule has 1 aliphatic heterocycles. The first kappa shape index (κ1) is 16.2. The summed E-state index contributed by atoms with van der Waals surface area (Å²) in [5.74, 6) is -1.06. The summed E-state index contributed by atoms with van der Waals surface area (Å²) in [4.78, 5) is 25.4. The Morgan fingerprint density at radius 3 is 2.62 bits per heavy atom. The average Bonchev–Trinajstić information content (AvgIpc) is 3.09. The van der Waals surface area contributed by atoms with Gasteiger partial charge < -0.3 is 10.0 Å². The molecule has 0 bridgehead atoms. The number of hydrogen-bond donors (Lipinski definition) is 1. The molecule has 126 valence electrons. The fraction of sp³-hybridized carbons (Fsp3) is 0.389. The van der Waals surface area contributed by atoms with Crippen molar-refractivity contribution in [3.05, 3.63) is 48.3 Å². The van der Waals surface area contributed by atoms with Crippen LogP contribution in [0.15, 0.2) is 42.7 Å². The molecule has 1 amide bonds. The number of carboxylic acids is 1. The van der Waals surface area contributed by atoms with E-state index in [1.165, 1.54) is 0 Å². The minimum Gasteiger partial charge on any atom is -0.481 e. The van der Waals surface area contributed by atoms with E-state index in [1.807, 2.05) is 43.5 Å². The number of aromatic nitrogens is 2. The van der Waals surface area contributed by atoms with Crippen LogP contribution < -0.4 is 0 Å². The molecule has 2 heterocycles. The monoisotopic (exact) mass is 327 g/mol. The molecule has 1 aromatic carbocycles. The number of likely N-dealkylation sites (tertiary alicyclic amines) is 1. The van der Waals surface area contributed by atoms with Gasteiger partial charge in [-0.3, -0.25) is 9.59 Å². The molecule has 1 aromatic heterocycles. The molecular formula is C18H21N3O3. The SMILES string of the molecule is CC1CN(C(=O)Cc2ccc(-n3cccn3)cc2)CCC1C(=O)O. The van der Waals surface area contributed by atoms with Crippen LogP contribution in [0.5, 0.6) is 0 Å². The Hall–Kier alpha value is -2.63. The number of nitrogens with zero attached hydrogens (tertiary/aromatic N) is 3. The third-order valence-electron chi connectivity index (χ3n) is 4.64. The second-order valence-corrected chi connectivity index (χ2v) is 6.34. The number of amides is 1. The van der Waals surface area contributed by atoms with E-state index in [2.05, 4.69) is 5.10 Å². The Bertz CT molecular complexity index is 710. The van der Waals surface area contributed by atoms with Crippen molar-refractivity contribution in [3.8, 4) is 5.69 Å². The quantitative estimate of drug-likeness (QED) is 0.932. The van der Waals surface area contributed by atoms with Crippen LogP contribution in [0, 0.1) is 11.8 Å². The van der Waals surface area contributed by atoms with Crippen molar-refractivity contribution in [2.75, 3.05) is 13.1 Å². The van der Waals surface area contributed by atoms with Crippen molar-refractivity contribution < 1.29 is 14.7 Å². The molecule has 1 fully saturated rings. The van der Waals surface area contributed by atoms with Gasteiger partial charge in [-0.05, 0) is 36.1 Å². The number of piperidine rings is 1. The maximum atomic E-state index is 12.5. The van der Waals surface area contributed by atoms with Gasteiger partial charge in [0.1, 0.15) is 0 Å². The molecule has 6 heteroatoms. The number of aliphatic carboxylic acids is 1. The summed E-state index contributed by atoms with van der Waals surface area (Å²) in [5, 5.41) is 13.3. The minimum atomic E-state index is -0.760. The molecule has 6 nitrogen and oxygen atoms in total. The second kappa shape index (κ2) is 6.86. The number of hydrogen-bond acceptors (Lipinski definition) is 3. The lowest BCUT2D eigenvalue weighted by Gasteiger charge is -2.35. The van der Waals surface area contributed by atoms with Crippen molar-refractivity contribution >= 4 is 11.9 Å². The minimum absolute atomic E-state index is 0.0117. The van der Waals surface area contributed by atoms with Gasteiger partial charge in [0.15, 0.2) is 0 Å². The van der Waals surface area contributed by atoms with Crippen LogP contribution in [0.1, 0.15) is 18.9 Å². The number of carbonyl (C=O) groups excluding carboxylic acids is 1. The Morgan fingerprint density at radius 1 is 1.29 bits per heavy atom. The van der Waals surface area contributed by atoms with E-state index in [9.17, 15) is 9.59 Å². The maximum Gasteiger partial charge on any atom is 0.306 e. The Labute approximate surface area is 140 Å². The van der Waals surface area contributed by atoms with E-state index < -0.39 is 5.97 Å². The van der Waals surface area contributed by atoms with Gasteiger partial charge in [0.05, 0.1) is 18.0 Å². The summed E-state index contributed by atoms with van der Waals surface area (Å²) in [6.07, 6.45) is 4.46. The highest BCUT2D eigenvalue weighted by atomic mass is 16.4. The molecule has 2 atom stereocenters. The van der Waals surface area contributed by atoms with Crippen molar-refractivity contribution in [1.29, 1.82) is 0 Å². The lowest BCUT2D eigenvalue weighted by molar-refractivity contribution is -0.148. The largest absolute Gasteiger partial charge is 0.481 e. The highest BCUT2D eigenvalue weighted by Crippen LogP contribution is 2.24. The Balaban J connectivity index is 1.60. The van der Waals surface area contributed by atoms with Gasteiger partial charge in [0.25, 0.3) is 0 Å². The first-order valence-corrected chi connectivity index (χ1v) is 8.14. The van der Waals surface area contributed by atoms with Crippen LogP contribution in [0.3, 0.4) is 0 Å². The zero-order valence-corrected chi connectivity index (χ0v) is 13.6. The third kappa shape index (κ3) is 3.48. The molecule has 1 aliphatic rings. The van der Waals surface area contributed by atoms with Crippen LogP contribution in [-0.4, -0.2) is 44.8 Å². The molecule has 0 spiro atoms. The van der Waals surface area contributed by atoms with E-state index in [0.29, 0.717) is 25.9 Å². The van der Waals surface area contributed by atoms with Gasteiger partial charge in [0.2, 0.25) is 5.91 Å². The predicted octanol–water partition coefficient (Wildman–Crippen LogP) is 1.98. The van der Waals surface area contributed by atoms with Crippen molar-refractivity contribution in [2.45, 2.75) is 19.8 Å². The molecule has 1 N–H and O–H groups in total. The van der Waals surface area contributed by atoms with Crippen LogP contribution in [-0.2, 0) is 16.0 Å². The van der Waals surface area contributed by atoms with E-state index in [4.69, 9.17) is 5.11 Å². The first-order valence-electron chi connectivity index (χ1n) is 8.14.